The molecule has 2 aromatic rings. The van der Waals surface area contributed by atoms with Crippen LogP contribution in [0, 0.1) is 0 Å². The van der Waals surface area contributed by atoms with Crippen molar-refractivity contribution in [3.8, 4) is 11.5 Å². The fraction of sp³-hybridized carbons (Fsp3) is 0.353. The maximum absolute atomic E-state index is 12.6. The van der Waals surface area contributed by atoms with Gasteiger partial charge in [0.2, 0.25) is 0 Å². The monoisotopic (exact) mass is 315 g/mol. The average molecular weight is 315 g/mol. The lowest BCUT2D eigenvalue weighted by molar-refractivity contribution is 0.175. The van der Waals surface area contributed by atoms with Crippen LogP contribution in [0.5, 0.6) is 11.5 Å². The van der Waals surface area contributed by atoms with E-state index in [1.807, 2.05) is 17.9 Å². The van der Waals surface area contributed by atoms with Gasteiger partial charge in [-0.1, -0.05) is 0 Å². The molecule has 0 saturated heterocycles. The van der Waals surface area contributed by atoms with Crippen LogP contribution in [-0.2, 0) is 6.54 Å². The molecule has 1 aromatic carbocycles. The molecule has 0 fully saturated rings. The van der Waals surface area contributed by atoms with Crippen LogP contribution in [0.3, 0.4) is 0 Å². The average Bonchev–Trinajstić information content (AvgIpc) is 3.04. The van der Waals surface area contributed by atoms with E-state index in [2.05, 4.69) is 22.1 Å². The summed E-state index contributed by atoms with van der Waals surface area (Å²) in [6.45, 7) is 3.53. The maximum atomic E-state index is 12.6. The van der Waals surface area contributed by atoms with Gasteiger partial charge in [-0.05, 0) is 31.2 Å². The van der Waals surface area contributed by atoms with Gasteiger partial charge >= 0.3 is 6.03 Å². The lowest BCUT2D eigenvalue weighted by Crippen LogP contribution is -2.42. The highest BCUT2D eigenvalue weighted by molar-refractivity contribution is 5.90. The number of aromatic nitrogens is 1. The summed E-state index contributed by atoms with van der Waals surface area (Å²) in [5.41, 5.74) is 1.83. The van der Waals surface area contributed by atoms with E-state index in [4.69, 9.17) is 9.47 Å². The zero-order valence-electron chi connectivity index (χ0n) is 13.6. The molecule has 1 N–H and O–H groups in total. The number of fused-ring (bicyclic) bond motifs is 1. The fourth-order valence-electron chi connectivity index (χ4n) is 2.97. The molecule has 1 aromatic heterocycles. The molecular formula is C17H21N3O3. The van der Waals surface area contributed by atoms with Crippen LogP contribution < -0.4 is 14.8 Å². The van der Waals surface area contributed by atoms with Crippen molar-refractivity contribution in [2.45, 2.75) is 19.5 Å². The van der Waals surface area contributed by atoms with Crippen LogP contribution in [0.4, 0.5) is 10.5 Å². The van der Waals surface area contributed by atoms with Crippen LogP contribution in [-0.4, -0.2) is 36.3 Å². The fourth-order valence-corrected chi connectivity index (χ4v) is 2.97. The third kappa shape index (κ3) is 2.84. The molecule has 2 heterocycles. The molecule has 1 aliphatic heterocycles. The summed E-state index contributed by atoms with van der Waals surface area (Å²) in [6, 6.07) is 9.34. The number of benzene rings is 1. The van der Waals surface area contributed by atoms with E-state index in [-0.39, 0.29) is 12.1 Å². The van der Waals surface area contributed by atoms with Crippen LogP contribution in [0.25, 0.3) is 0 Å². The molecule has 23 heavy (non-hydrogen) atoms. The molecule has 0 spiro atoms. The number of hydrogen-bond donors (Lipinski definition) is 1. The Labute approximate surface area is 135 Å². The zero-order valence-corrected chi connectivity index (χ0v) is 13.6. The topological polar surface area (TPSA) is 55.7 Å². The Kier molecular flexibility index (Phi) is 4.14. The smallest absolute Gasteiger partial charge is 0.322 e. The molecule has 0 unspecified atom stereocenters. The molecular weight excluding hydrogens is 294 g/mol. The summed E-state index contributed by atoms with van der Waals surface area (Å²) in [5.74, 6) is 1.22. The van der Waals surface area contributed by atoms with Crippen LogP contribution in [0.1, 0.15) is 18.7 Å². The van der Waals surface area contributed by atoms with Gasteiger partial charge in [-0.2, -0.15) is 0 Å². The quantitative estimate of drug-likeness (QED) is 0.947. The Morgan fingerprint density at radius 2 is 1.96 bits per heavy atom. The summed E-state index contributed by atoms with van der Waals surface area (Å²) in [4.78, 5) is 14.4. The van der Waals surface area contributed by atoms with E-state index in [1.165, 1.54) is 0 Å². The number of urea groups is 1. The number of carbonyl (C=O) groups is 1. The molecule has 1 aliphatic rings. The van der Waals surface area contributed by atoms with Gasteiger partial charge in [0.15, 0.2) is 11.5 Å². The van der Waals surface area contributed by atoms with Gasteiger partial charge in [-0.3, -0.25) is 0 Å². The second-order valence-corrected chi connectivity index (χ2v) is 5.50. The Morgan fingerprint density at radius 1 is 1.17 bits per heavy atom. The lowest BCUT2D eigenvalue weighted by atomic mass is 10.1. The Bertz CT molecular complexity index is 711. The first kappa shape index (κ1) is 15.3. The first-order chi connectivity index (χ1) is 11.1. The van der Waals surface area contributed by atoms with Crippen molar-refractivity contribution >= 4 is 11.7 Å². The number of carbonyl (C=O) groups excluding carboxylic acids is 1. The summed E-state index contributed by atoms with van der Waals surface area (Å²) >= 11 is 0. The number of nitrogens with one attached hydrogen (secondary N) is 1. The van der Waals surface area contributed by atoms with E-state index in [0.29, 0.717) is 23.7 Å². The highest BCUT2D eigenvalue weighted by Gasteiger charge is 2.27. The third-order valence-corrected chi connectivity index (χ3v) is 4.24. The van der Waals surface area contributed by atoms with Crippen molar-refractivity contribution in [3.63, 3.8) is 0 Å². The SMILES string of the molecule is COc1ccc(NC(=O)N2CCn3cccc3[C@@H]2C)cc1OC. The maximum Gasteiger partial charge on any atom is 0.322 e. The number of rotatable bonds is 3. The van der Waals surface area contributed by atoms with Gasteiger partial charge < -0.3 is 24.3 Å². The Balaban J connectivity index is 1.75. The molecule has 6 nitrogen and oxygen atoms in total. The molecule has 3 rings (SSSR count). The summed E-state index contributed by atoms with van der Waals surface area (Å²) in [6.07, 6.45) is 2.05. The molecule has 0 aliphatic carbocycles. The highest BCUT2D eigenvalue weighted by Crippen LogP contribution is 2.31. The Morgan fingerprint density at radius 3 is 2.70 bits per heavy atom. The van der Waals surface area contributed by atoms with Crippen LogP contribution in [0.15, 0.2) is 36.5 Å². The van der Waals surface area contributed by atoms with E-state index in [1.54, 1.807) is 32.4 Å². The molecule has 6 heteroatoms. The van der Waals surface area contributed by atoms with Crippen molar-refractivity contribution in [3.05, 3.63) is 42.2 Å². The second-order valence-electron chi connectivity index (χ2n) is 5.50. The second kappa shape index (κ2) is 6.24. The van der Waals surface area contributed by atoms with E-state index >= 15 is 0 Å². The largest absolute Gasteiger partial charge is 0.493 e. The number of hydrogen-bond acceptors (Lipinski definition) is 3. The van der Waals surface area contributed by atoms with Crippen molar-refractivity contribution in [2.75, 3.05) is 26.1 Å². The highest BCUT2D eigenvalue weighted by atomic mass is 16.5. The Hall–Kier alpha value is -2.63. The van der Waals surface area contributed by atoms with Gasteiger partial charge in [0.25, 0.3) is 0 Å². The van der Waals surface area contributed by atoms with Gasteiger partial charge in [0.1, 0.15) is 0 Å². The standard InChI is InChI=1S/C17H21N3O3/c1-12-14-5-4-8-19(14)9-10-20(12)17(21)18-13-6-7-15(22-2)16(11-13)23-3/h4-8,11-12H,9-10H2,1-3H3,(H,18,21)/t12-/m0/s1. The number of nitrogens with zero attached hydrogens (tertiary/aromatic N) is 2. The number of methoxy groups -OCH3 is 2. The summed E-state index contributed by atoms with van der Waals surface area (Å²) in [5, 5.41) is 2.93. The van der Waals surface area contributed by atoms with Crippen LogP contribution >= 0.6 is 0 Å². The van der Waals surface area contributed by atoms with Crippen molar-refractivity contribution in [1.82, 2.24) is 9.47 Å². The van der Waals surface area contributed by atoms with E-state index in [9.17, 15) is 4.79 Å². The summed E-state index contributed by atoms with van der Waals surface area (Å²) < 4.78 is 12.7. The van der Waals surface area contributed by atoms with Crippen molar-refractivity contribution in [2.24, 2.45) is 0 Å². The number of amides is 2. The van der Waals surface area contributed by atoms with E-state index in [0.717, 1.165) is 12.2 Å². The zero-order chi connectivity index (χ0) is 16.4. The van der Waals surface area contributed by atoms with Crippen molar-refractivity contribution in [1.29, 1.82) is 0 Å². The molecule has 0 saturated carbocycles. The minimum absolute atomic E-state index is 0.0406. The molecule has 2 amide bonds. The van der Waals surface area contributed by atoms with Gasteiger partial charge in [-0.15, -0.1) is 0 Å². The lowest BCUT2D eigenvalue weighted by Gasteiger charge is -2.34. The molecule has 0 radical (unpaired) electrons. The molecule has 1 atom stereocenters. The van der Waals surface area contributed by atoms with Crippen LogP contribution in [0.2, 0.25) is 0 Å². The summed E-state index contributed by atoms with van der Waals surface area (Å²) in [7, 11) is 3.16. The normalized spacial score (nSPS) is 16.7. The first-order valence-electron chi connectivity index (χ1n) is 7.58. The predicted octanol–water partition coefficient (Wildman–Crippen LogP) is 3.11. The van der Waals surface area contributed by atoms with Crippen molar-refractivity contribution < 1.29 is 14.3 Å². The van der Waals surface area contributed by atoms with Gasteiger partial charge in [0.05, 0.1) is 20.3 Å². The van der Waals surface area contributed by atoms with Gasteiger partial charge in [-0.25, -0.2) is 4.79 Å². The van der Waals surface area contributed by atoms with E-state index < -0.39 is 0 Å². The number of anilines is 1. The first-order valence-corrected chi connectivity index (χ1v) is 7.58. The number of ether oxygens (including phenoxy) is 2. The van der Waals surface area contributed by atoms with Gasteiger partial charge in [0, 0.05) is 36.7 Å². The minimum Gasteiger partial charge on any atom is -0.493 e. The predicted molar refractivity (Wildman–Crippen MR) is 88.1 cm³/mol. The minimum atomic E-state index is -0.114. The third-order valence-electron chi connectivity index (χ3n) is 4.24. The molecule has 122 valence electrons. The molecule has 0 bridgehead atoms.